The first-order valence-corrected chi connectivity index (χ1v) is 9.06. The molecule has 0 saturated carbocycles. The van der Waals surface area contributed by atoms with Crippen LogP contribution in [0.15, 0.2) is 36.4 Å². The van der Waals surface area contributed by atoms with E-state index in [0.717, 1.165) is 29.0 Å². The fourth-order valence-electron chi connectivity index (χ4n) is 3.37. The Bertz CT molecular complexity index is 839. The number of aliphatic hydroxyl groups excluding tert-OH is 2. The van der Waals surface area contributed by atoms with Crippen LogP contribution in [0.4, 0.5) is 5.69 Å². The van der Waals surface area contributed by atoms with Gasteiger partial charge in [0.2, 0.25) is 0 Å². The first-order valence-electron chi connectivity index (χ1n) is 9.06. The van der Waals surface area contributed by atoms with Gasteiger partial charge in [-0.3, -0.25) is 10.1 Å². The molecular formula is C20H24N2O6. The quantitative estimate of drug-likeness (QED) is 0.469. The van der Waals surface area contributed by atoms with Gasteiger partial charge in [0.05, 0.1) is 30.8 Å². The molecule has 0 bridgehead atoms. The number of aliphatic hydroxyl groups is 2. The van der Waals surface area contributed by atoms with Gasteiger partial charge in [-0.2, -0.15) is 0 Å². The summed E-state index contributed by atoms with van der Waals surface area (Å²) >= 11 is 0. The van der Waals surface area contributed by atoms with E-state index in [-0.39, 0.29) is 18.4 Å². The fraction of sp³-hybridized carbons (Fsp3) is 0.400. The summed E-state index contributed by atoms with van der Waals surface area (Å²) in [6.07, 6.45) is -0.140. The number of methoxy groups -OCH3 is 1. The highest BCUT2D eigenvalue weighted by molar-refractivity contribution is 5.49. The van der Waals surface area contributed by atoms with Gasteiger partial charge in [0, 0.05) is 36.2 Å². The highest BCUT2D eigenvalue weighted by Gasteiger charge is 2.25. The van der Waals surface area contributed by atoms with Gasteiger partial charge < -0.3 is 25.0 Å². The number of nitrogens with zero attached hydrogens (tertiary/aromatic N) is 1. The van der Waals surface area contributed by atoms with E-state index >= 15 is 0 Å². The molecule has 2 aromatic carbocycles. The first-order chi connectivity index (χ1) is 13.4. The van der Waals surface area contributed by atoms with E-state index in [4.69, 9.17) is 9.47 Å². The van der Waals surface area contributed by atoms with Gasteiger partial charge >= 0.3 is 0 Å². The predicted molar refractivity (Wildman–Crippen MR) is 103 cm³/mol. The van der Waals surface area contributed by atoms with Crippen LogP contribution in [0.3, 0.4) is 0 Å². The van der Waals surface area contributed by atoms with Crippen molar-refractivity contribution in [3.63, 3.8) is 0 Å². The summed E-state index contributed by atoms with van der Waals surface area (Å²) in [4.78, 5) is 10.3. The molecule has 28 heavy (non-hydrogen) atoms. The summed E-state index contributed by atoms with van der Waals surface area (Å²) in [6.45, 7) is 2.06. The summed E-state index contributed by atoms with van der Waals surface area (Å²) in [7, 11) is 1.60. The molecule has 1 heterocycles. The Hall–Kier alpha value is -2.68. The molecule has 2 aromatic rings. The van der Waals surface area contributed by atoms with Crippen LogP contribution in [0.1, 0.15) is 29.7 Å². The lowest BCUT2D eigenvalue weighted by Crippen LogP contribution is -2.37. The average molecular weight is 388 g/mol. The molecule has 0 unspecified atom stereocenters. The van der Waals surface area contributed by atoms with Crippen LogP contribution in [0.2, 0.25) is 0 Å². The lowest BCUT2D eigenvalue weighted by molar-refractivity contribution is -0.384. The van der Waals surface area contributed by atoms with Gasteiger partial charge in [0.1, 0.15) is 17.6 Å². The Balaban J connectivity index is 1.73. The van der Waals surface area contributed by atoms with Gasteiger partial charge in [0.25, 0.3) is 5.69 Å². The molecule has 8 nitrogen and oxygen atoms in total. The molecule has 3 atom stereocenters. The molecule has 0 aliphatic carbocycles. The zero-order chi connectivity index (χ0) is 20.3. The van der Waals surface area contributed by atoms with Crippen molar-refractivity contribution in [2.24, 2.45) is 0 Å². The fourth-order valence-corrected chi connectivity index (χ4v) is 3.37. The van der Waals surface area contributed by atoms with Gasteiger partial charge in [-0.05, 0) is 36.8 Å². The van der Waals surface area contributed by atoms with Crippen molar-refractivity contribution in [3.05, 3.63) is 63.2 Å². The molecule has 0 spiro atoms. The van der Waals surface area contributed by atoms with Crippen molar-refractivity contribution in [1.82, 2.24) is 5.32 Å². The van der Waals surface area contributed by atoms with Gasteiger partial charge in [-0.1, -0.05) is 0 Å². The van der Waals surface area contributed by atoms with Crippen molar-refractivity contribution < 1.29 is 24.6 Å². The third-order valence-corrected chi connectivity index (χ3v) is 4.86. The number of non-ortho nitro benzene ring substituents is 1. The van der Waals surface area contributed by atoms with Crippen LogP contribution in [-0.2, 0) is 13.0 Å². The van der Waals surface area contributed by atoms with Crippen LogP contribution >= 0.6 is 0 Å². The third kappa shape index (κ3) is 4.24. The maximum Gasteiger partial charge on any atom is 0.269 e. The number of benzene rings is 2. The second-order valence-electron chi connectivity index (χ2n) is 6.87. The topological polar surface area (TPSA) is 114 Å². The van der Waals surface area contributed by atoms with Crippen molar-refractivity contribution in [3.8, 4) is 11.5 Å². The molecule has 0 saturated heterocycles. The molecule has 0 radical (unpaired) electrons. The van der Waals surface area contributed by atoms with E-state index in [2.05, 4.69) is 5.32 Å². The zero-order valence-corrected chi connectivity index (χ0v) is 15.8. The van der Waals surface area contributed by atoms with Crippen molar-refractivity contribution in [2.45, 2.75) is 38.1 Å². The Morgan fingerprint density at radius 1 is 1.36 bits per heavy atom. The Morgan fingerprint density at radius 3 is 2.68 bits per heavy atom. The summed E-state index contributed by atoms with van der Waals surface area (Å²) in [5.74, 6) is 1.53. The monoisotopic (exact) mass is 388 g/mol. The molecule has 3 N–H and O–H groups in total. The van der Waals surface area contributed by atoms with Gasteiger partial charge in [-0.25, -0.2) is 0 Å². The van der Waals surface area contributed by atoms with Gasteiger partial charge in [-0.15, -0.1) is 0 Å². The molecule has 1 aliphatic rings. The number of fused-ring (bicyclic) bond motifs is 1. The molecule has 1 aliphatic heterocycles. The molecule has 8 heteroatoms. The highest BCUT2D eigenvalue weighted by Crippen LogP contribution is 2.36. The number of nitro groups is 1. The minimum Gasteiger partial charge on any atom is -0.497 e. The predicted octanol–water partition coefficient (Wildman–Crippen LogP) is 2.11. The lowest BCUT2D eigenvalue weighted by atomic mass is 10.0. The number of hydrogen-bond donors (Lipinski definition) is 3. The summed E-state index contributed by atoms with van der Waals surface area (Å²) in [5, 5.41) is 34.2. The van der Waals surface area contributed by atoms with E-state index in [1.807, 2.05) is 19.1 Å². The Labute approximate surface area is 162 Å². The minimum absolute atomic E-state index is 0.0531. The maximum absolute atomic E-state index is 10.8. The number of rotatable bonds is 8. The number of ether oxygens (including phenoxy) is 2. The van der Waals surface area contributed by atoms with Crippen molar-refractivity contribution >= 4 is 5.69 Å². The molecule has 3 rings (SSSR count). The third-order valence-electron chi connectivity index (χ3n) is 4.86. The highest BCUT2D eigenvalue weighted by atomic mass is 16.6. The molecule has 0 amide bonds. The lowest BCUT2D eigenvalue weighted by Gasteiger charge is -2.23. The standard InChI is InChI=1S/C20H24N2O6/c1-12-7-14-8-17(27-2)9-15(20(14)28-12)10-21-18(11-23)19(24)13-3-5-16(6-4-13)22(25)26/h3-6,8-9,12,18-19,21,23-24H,7,10-11H2,1-2H3/t12-,18-,19+/m1/s1. The number of nitrogens with one attached hydrogen (secondary N) is 1. The second-order valence-corrected chi connectivity index (χ2v) is 6.87. The smallest absolute Gasteiger partial charge is 0.269 e. The van der Waals surface area contributed by atoms with Crippen molar-refractivity contribution in [2.75, 3.05) is 13.7 Å². The van der Waals surface area contributed by atoms with Crippen LogP contribution in [0, 0.1) is 10.1 Å². The summed E-state index contributed by atoms with van der Waals surface area (Å²) < 4.78 is 11.3. The maximum atomic E-state index is 10.8. The number of nitro benzene ring substituents is 1. The molecular weight excluding hydrogens is 364 g/mol. The van der Waals surface area contributed by atoms with E-state index in [1.165, 1.54) is 24.3 Å². The first kappa shape index (κ1) is 20.1. The molecule has 0 fully saturated rings. The van der Waals surface area contributed by atoms with Crippen LogP contribution < -0.4 is 14.8 Å². The average Bonchev–Trinajstić information content (AvgIpc) is 3.08. The molecule has 0 aromatic heterocycles. The van der Waals surface area contributed by atoms with Crippen molar-refractivity contribution in [1.29, 1.82) is 0 Å². The largest absolute Gasteiger partial charge is 0.497 e. The number of hydrogen-bond acceptors (Lipinski definition) is 7. The van der Waals surface area contributed by atoms with E-state index in [0.29, 0.717) is 12.1 Å². The van der Waals surface area contributed by atoms with Crippen LogP contribution in [-0.4, -0.2) is 41.0 Å². The van der Waals surface area contributed by atoms with Crippen LogP contribution in [0.5, 0.6) is 11.5 Å². The Morgan fingerprint density at radius 2 is 2.07 bits per heavy atom. The SMILES string of the molecule is COc1cc(CN[C@H](CO)[C@@H](O)c2ccc([N+](=O)[O-])cc2)c2c(c1)C[C@@H](C)O2. The summed E-state index contributed by atoms with van der Waals surface area (Å²) in [6, 6.07) is 8.81. The normalized spacial score (nSPS) is 17.5. The van der Waals surface area contributed by atoms with E-state index in [1.54, 1.807) is 7.11 Å². The second kappa shape index (κ2) is 8.55. The van der Waals surface area contributed by atoms with Gasteiger partial charge in [0.15, 0.2) is 0 Å². The van der Waals surface area contributed by atoms with E-state index in [9.17, 15) is 20.3 Å². The Kier molecular flexibility index (Phi) is 6.13. The minimum atomic E-state index is -1.02. The zero-order valence-electron chi connectivity index (χ0n) is 15.8. The van der Waals surface area contributed by atoms with Crippen LogP contribution in [0.25, 0.3) is 0 Å². The molecule has 150 valence electrons. The van der Waals surface area contributed by atoms with E-state index < -0.39 is 17.1 Å². The summed E-state index contributed by atoms with van der Waals surface area (Å²) in [5.41, 5.74) is 2.38.